The molecule has 2 heterocycles. The first-order chi connectivity index (χ1) is 11.9. The average Bonchev–Trinajstić information content (AvgIpc) is 2.62. The Morgan fingerprint density at radius 1 is 1.16 bits per heavy atom. The molecule has 3 rings (SSSR count). The fourth-order valence-electron chi connectivity index (χ4n) is 3.48. The van der Waals surface area contributed by atoms with Crippen molar-refractivity contribution >= 4 is 31.9 Å². The maximum Gasteiger partial charge on any atom is 0.243 e. The lowest BCUT2D eigenvalue weighted by Gasteiger charge is -2.36. The molecule has 8 heteroatoms. The number of nitrogens with one attached hydrogen (secondary N) is 1. The van der Waals surface area contributed by atoms with Crippen molar-refractivity contribution in [2.24, 2.45) is 5.92 Å². The van der Waals surface area contributed by atoms with E-state index in [-0.39, 0.29) is 23.3 Å². The van der Waals surface area contributed by atoms with E-state index >= 15 is 0 Å². The number of rotatable bonds is 3. The van der Waals surface area contributed by atoms with Crippen LogP contribution in [-0.4, -0.2) is 69.8 Å². The summed E-state index contributed by atoms with van der Waals surface area (Å²) in [5.41, 5.74) is 0. The number of halogens is 1. The summed E-state index contributed by atoms with van der Waals surface area (Å²) < 4.78 is 28.1. The van der Waals surface area contributed by atoms with Crippen LogP contribution in [0.1, 0.15) is 12.8 Å². The first-order valence-corrected chi connectivity index (χ1v) is 11.0. The second-order valence-corrected chi connectivity index (χ2v) is 9.79. The molecule has 0 bridgehead atoms. The lowest BCUT2D eigenvalue weighted by Crippen LogP contribution is -3.12. The topological polar surface area (TPSA) is 62.1 Å². The van der Waals surface area contributed by atoms with Crippen molar-refractivity contribution in [3.05, 3.63) is 28.7 Å². The van der Waals surface area contributed by atoms with Gasteiger partial charge in [0.15, 0.2) is 0 Å². The van der Waals surface area contributed by atoms with Crippen LogP contribution >= 0.6 is 15.9 Å². The second-order valence-electron chi connectivity index (χ2n) is 6.94. The van der Waals surface area contributed by atoms with Gasteiger partial charge in [0.25, 0.3) is 0 Å². The molecule has 0 saturated carbocycles. The minimum absolute atomic E-state index is 0.114. The molecule has 138 valence electrons. The number of carbonyl (C=O) groups is 1. The van der Waals surface area contributed by atoms with Crippen LogP contribution in [0.2, 0.25) is 0 Å². The van der Waals surface area contributed by atoms with Crippen molar-refractivity contribution in [1.29, 1.82) is 0 Å². The maximum atomic E-state index is 12.9. The Labute approximate surface area is 158 Å². The number of hydrogen-bond donors (Lipinski definition) is 1. The van der Waals surface area contributed by atoms with Crippen molar-refractivity contribution in [2.75, 3.05) is 46.3 Å². The fourth-order valence-corrected chi connectivity index (χ4v) is 5.27. The van der Waals surface area contributed by atoms with Crippen molar-refractivity contribution in [3.8, 4) is 0 Å². The zero-order valence-corrected chi connectivity index (χ0v) is 16.9. The monoisotopic (exact) mass is 430 g/mol. The van der Waals surface area contributed by atoms with Crippen LogP contribution in [0.3, 0.4) is 0 Å². The third kappa shape index (κ3) is 4.24. The molecule has 25 heavy (non-hydrogen) atoms. The molecule has 0 aliphatic carbocycles. The number of piperidine rings is 1. The van der Waals surface area contributed by atoms with Gasteiger partial charge in [-0.15, -0.1) is 0 Å². The fraction of sp³-hybridized carbons (Fsp3) is 0.588. The highest BCUT2D eigenvalue weighted by atomic mass is 79.9. The van der Waals surface area contributed by atoms with E-state index < -0.39 is 10.0 Å². The highest BCUT2D eigenvalue weighted by Gasteiger charge is 2.36. The number of quaternary nitrogens is 1. The summed E-state index contributed by atoms with van der Waals surface area (Å²) in [6.07, 6.45) is 1.50. The van der Waals surface area contributed by atoms with E-state index in [1.54, 1.807) is 24.3 Å². The number of benzene rings is 1. The summed E-state index contributed by atoms with van der Waals surface area (Å²) in [7, 11) is -1.41. The zero-order chi connectivity index (χ0) is 18.0. The van der Waals surface area contributed by atoms with Crippen molar-refractivity contribution < 1.29 is 18.1 Å². The SMILES string of the molecule is C[NH+]1CCN(C(=O)[C@@H]2CCCN(S(=O)(=O)c3ccc(Br)cc3)C2)CC1. The predicted octanol–water partition coefficient (Wildman–Crippen LogP) is 0.207. The molecule has 0 aromatic heterocycles. The number of carbonyl (C=O) groups excluding carboxylic acids is 1. The maximum absolute atomic E-state index is 12.9. The van der Waals surface area contributed by atoms with E-state index in [1.165, 1.54) is 9.21 Å². The molecule has 2 aliphatic heterocycles. The van der Waals surface area contributed by atoms with Crippen LogP contribution in [0.4, 0.5) is 0 Å². The highest BCUT2D eigenvalue weighted by Crippen LogP contribution is 2.26. The third-order valence-corrected chi connectivity index (χ3v) is 7.52. The number of amides is 1. The van der Waals surface area contributed by atoms with Gasteiger partial charge in [-0.1, -0.05) is 15.9 Å². The van der Waals surface area contributed by atoms with Crippen molar-refractivity contribution in [1.82, 2.24) is 9.21 Å². The smallest absolute Gasteiger partial charge is 0.243 e. The average molecular weight is 431 g/mol. The van der Waals surface area contributed by atoms with E-state index in [2.05, 4.69) is 23.0 Å². The summed E-state index contributed by atoms with van der Waals surface area (Å²) in [6, 6.07) is 6.67. The van der Waals surface area contributed by atoms with Crippen LogP contribution in [0.25, 0.3) is 0 Å². The molecular weight excluding hydrogens is 406 g/mol. The van der Waals surface area contributed by atoms with Gasteiger partial charge in [0.1, 0.15) is 0 Å². The van der Waals surface area contributed by atoms with Gasteiger partial charge in [0.2, 0.25) is 15.9 Å². The van der Waals surface area contributed by atoms with Gasteiger partial charge in [0.05, 0.1) is 44.0 Å². The Hall–Kier alpha value is -0.960. The molecule has 0 spiro atoms. The molecule has 1 atom stereocenters. The first-order valence-electron chi connectivity index (χ1n) is 8.74. The molecule has 0 unspecified atom stereocenters. The second kappa shape index (κ2) is 7.73. The van der Waals surface area contributed by atoms with Crippen LogP contribution in [0, 0.1) is 5.92 Å². The van der Waals surface area contributed by atoms with E-state index in [1.807, 2.05) is 4.90 Å². The number of sulfonamides is 1. The Kier molecular flexibility index (Phi) is 5.82. The Morgan fingerprint density at radius 3 is 2.44 bits per heavy atom. The summed E-state index contributed by atoms with van der Waals surface area (Å²) in [6.45, 7) is 4.21. The summed E-state index contributed by atoms with van der Waals surface area (Å²) in [5.74, 6) is -0.111. The van der Waals surface area contributed by atoms with Gasteiger partial charge in [-0.2, -0.15) is 4.31 Å². The van der Waals surface area contributed by atoms with Gasteiger partial charge in [0, 0.05) is 17.6 Å². The number of hydrogen-bond acceptors (Lipinski definition) is 3. The van der Waals surface area contributed by atoms with Crippen LogP contribution < -0.4 is 4.90 Å². The quantitative estimate of drug-likeness (QED) is 0.745. The molecule has 1 N–H and O–H groups in total. The molecule has 2 fully saturated rings. The van der Waals surface area contributed by atoms with E-state index in [0.29, 0.717) is 6.54 Å². The molecule has 1 amide bonds. The number of piperazine rings is 1. The lowest BCUT2D eigenvalue weighted by atomic mass is 9.98. The van der Waals surface area contributed by atoms with E-state index in [0.717, 1.165) is 43.5 Å². The molecule has 0 radical (unpaired) electrons. The van der Waals surface area contributed by atoms with Crippen molar-refractivity contribution in [2.45, 2.75) is 17.7 Å². The third-order valence-electron chi connectivity index (χ3n) is 5.11. The Balaban J connectivity index is 1.70. The predicted molar refractivity (Wildman–Crippen MR) is 98.8 cm³/mol. The Morgan fingerprint density at radius 2 is 1.80 bits per heavy atom. The molecule has 2 aliphatic rings. The van der Waals surface area contributed by atoms with Crippen LogP contribution in [0.15, 0.2) is 33.6 Å². The molecule has 1 aromatic rings. The summed E-state index contributed by atoms with van der Waals surface area (Å²) >= 11 is 3.32. The van der Waals surface area contributed by atoms with E-state index in [9.17, 15) is 13.2 Å². The standard InChI is InChI=1S/C17H24BrN3O3S/c1-19-9-11-20(12-10-19)17(22)14-3-2-8-21(13-14)25(23,24)16-6-4-15(18)5-7-16/h4-7,14H,2-3,8-13H2,1H3/p+1/t14-/m1/s1. The summed E-state index contributed by atoms with van der Waals surface area (Å²) in [5, 5.41) is 0. The van der Waals surface area contributed by atoms with Gasteiger partial charge in [-0.3, -0.25) is 4.79 Å². The van der Waals surface area contributed by atoms with Gasteiger partial charge >= 0.3 is 0 Å². The Bertz CT molecular complexity index is 715. The molecule has 6 nitrogen and oxygen atoms in total. The first kappa shape index (κ1) is 18.8. The minimum atomic E-state index is -3.55. The van der Waals surface area contributed by atoms with Gasteiger partial charge in [-0.25, -0.2) is 8.42 Å². The van der Waals surface area contributed by atoms with Crippen LogP contribution in [0.5, 0.6) is 0 Å². The van der Waals surface area contributed by atoms with E-state index in [4.69, 9.17) is 0 Å². The summed E-state index contributed by atoms with van der Waals surface area (Å²) in [4.78, 5) is 16.4. The van der Waals surface area contributed by atoms with Crippen molar-refractivity contribution in [3.63, 3.8) is 0 Å². The number of nitrogens with zero attached hydrogens (tertiary/aromatic N) is 2. The van der Waals surface area contributed by atoms with Gasteiger partial charge in [-0.05, 0) is 37.1 Å². The number of likely N-dealkylation sites (N-methyl/N-ethyl adjacent to an activating group) is 1. The largest absolute Gasteiger partial charge is 0.334 e. The lowest BCUT2D eigenvalue weighted by molar-refractivity contribution is -0.883. The minimum Gasteiger partial charge on any atom is -0.334 e. The van der Waals surface area contributed by atoms with Crippen LogP contribution in [-0.2, 0) is 14.8 Å². The normalized spacial score (nSPS) is 23.6. The zero-order valence-electron chi connectivity index (χ0n) is 14.4. The van der Waals surface area contributed by atoms with Gasteiger partial charge < -0.3 is 9.80 Å². The highest BCUT2D eigenvalue weighted by molar-refractivity contribution is 9.10. The molecule has 2 saturated heterocycles. The molecular formula is C17H25BrN3O3S+. The molecule has 1 aromatic carbocycles.